The first-order valence-electron chi connectivity index (χ1n) is 10.1. The van der Waals surface area contributed by atoms with E-state index in [-0.39, 0.29) is 137 Å². The van der Waals surface area contributed by atoms with E-state index in [2.05, 4.69) is 59.3 Å². The number of hydrogen-bond acceptors (Lipinski definition) is 1. The van der Waals surface area contributed by atoms with Crippen molar-refractivity contribution in [1.29, 1.82) is 0 Å². The zero-order valence-electron chi connectivity index (χ0n) is 18.9. The molecule has 0 aromatic carbocycles. The Bertz CT molecular complexity index is 361. The van der Waals surface area contributed by atoms with Crippen LogP contribution in [0, 0.1) is 54.1 Å². The van der Waals surface area contributed by atoms with Crippen molar-refractivity contribution in [2.24, 2.45) is 35.5 Å². The molecule has 28 heavy (non-hydrogen) atoms. The van der Waals surface area contributed by atoms with Crippen molar-refractivity contribution in [2.45, 2.75) is 73.1 Å². The number of aliphatic hydroxyl groups excluding tert-OH is 1. The van der Waals surface area contributed by atoms with Crippen LogP contribution in [0.4, 0.5) is 0 Å². The summed E-state index contributed by atoms with van der Waals surface area (Å²) >= 11 is 0. The van der Waals surface area contributed by atoms with Crippen LogP contribution in [0.15, 0.2) is 12.2 Å². The molecule has 1 saturated carbocycles. The first-order chi connectivity index (χ1) is 11.5. The Labute approximate surface area is 277 Å². The van der Waals surface area contributed by atoms with Gasteiger partial charge in [0, 0.05) is 137 Å². The van der Waals surface area contributed by atoms with Crippen molar-refractivity contribution >= 4 is 0 Å². The van der Waals surface area contributed by atoms with Gasteiger partial charge < -0.3 is 23.7 Å². The van der Waals surface area contributed by atoms with Crippen molar-refractivity contribution in [1.82, 2.24) is 0 Å². The Hall–Kier alpha value is 3.86. The first-order valence-corrected chi connectivity index (χ1v) is 10.1. The van der Waals surface area contributed by atoms with Gasteiger partial charge in [0.1, 0.15) is 0 Å². The Kier molecular flexibility index (Phi) is 33.5. The van der Waals surface area contributed by atoms with Gasteiger partial charge in [-0.1, -0.05) is 84.5 Å². The van der Waals surface area contributed by atoms with Crippen LogP contribution in [0.1, 0.15) is 73.1 Å². The molecule has 3 rings (SSSR count). The van der Waals surface area contributed by atoms with Crippen molar-refractivity contribution in [2.75, 3.05) is 6.61 Å². The van der Waals surface area contributed by atoms with Gasteiger partial charge in [-0.15, -0.1) is 0 Å². The van der Waals surface area contributed by atoms with Gasteiger partial charge in [0.15, 0.2) is 0 Å². The third-order valence-electron chi connectivity index (χ3n) is 5.36. The van der Waals surface area contributed by atoms with Gasteiger partial charge >= 0.3 is 0 Å². The predicted octanol–water partition coefficient (Wildman–Crippen LogP) is 6.04. The average molecular weight is 687 g/mol. The van der Waals surface area contributed by atoms with Gasteiger partial charge in [-0.2, -0.15) is 24.2 Å². The summed E-state index contributed by atoms with van der Waals surface area (Å²) in [4.78, 5) is 0. The SMILES string of the molecule is CC1C=[C-]C(CO)C1.CCC1[C-]=CC(C)C1.CCC1[CH-]CC(C)C1.[Y].[Y].[Y].[Y]. The minimum atomic E-state index is 0. The van der Waals surface area contributed by atoms with Crippen molar-refractivity contribution < 1.29 is 136 Å². The van der Waals surface area contributed by atoms with Gasteiger partial charge in [0.25, 0.3) is 0 Å². The molecule has 0 aliphatic heterocycles. The fourth-order valence-electron chi connectivity index (χ4n) is 3.65. The quantitative estimate of drug-likeness (QED) is 0.359. The summed E-state index contributed by atoms with van der Waals surface area (Å²) in [5.41, 5.74) is 0. The van der Waals surface area contributed by atoms with Crippen LogP contribution in [0.3, 0.4) is 0 Å². The van der Waals surface area contributed by atoms with Gasteiger partial charge in [-0.3, -0.25) is 12.2 Å². The maximum atomic E-state index is 8.60. The summed E-state index contributed by atoms with van der Waals surface area (Å²) in [5.74, 6) is 4.44. The van der Waals surface area contributed by atoms with E-state index in [1.165, 1.54) is 32.1 Å². The Morgan fingerprint density at radius 1 is 0.821 bits per heavy atom. The van der Waals surface area contributed by atoms with E-state index >= 15 is 0 Å². The van der Waals surface area contributed by atoms with Crippen LogP contribution in [0.25, 0.3) is 0 Å². The second-order valence-electron chi connectivity index (χ2n) is 8.06. The molecule has 1 fully saturated rings. The number of hydrogen-bond donors (Lipinski definition) is 1. The Morgan fingerprint density at radius 2 is 1.32 bits per heavy atom. The number of rotatable bonds is 3. The summed E-state index contributed by atoms with van der Waals surface area (Å²) in [5, 5.41) is 8.60. The molecule has 0 bridgehead atoms. The molecule has 0 aromatic heterocycles. The maximum absolute atomic E-state index is 8.60. The normalized spacial score (nSPS) is 31.6. The number of aliphatic hydroxyl groups is 1. The van der Waals surface area contributed by atoms with Crippen LogP contribution >= 0.6 is 0 Å². The van der Waals surface area contributed by atoms with Crippen LogP contribution in [-0.4, -0.2) is 11.7 Å². The monoisotopic (exact) mass is 687 g/mol. The third kappa shape index (κ3) is 18.3. The van der Waals surface area contributed by atoms with Gasteiger partial charge in [-0.25, -0.2) is 0 Å². The van der Waals surface area contributed by atoms with E-state index in [0.29, 0.717) is 11.8 Å². The summed E-state index contributed by atoms with van der Waals surface area (Å²) in [6.07, 6.45) is 21.0. The van der Waals surface area contributed by atoms with Crippen molar-refractivity contribution in [3.63, 3.8) is 0 Å². The van der Waals surface area contributed by atoms with Crippen LogP contribution in [0.5, 0.6) is 0 Å². The molecule has 3 aliphatic carbocycles. The molecular formula is C23H39OY4-3. The minimum Gasteiger partial charge on any atom is -0.497 e. The standard InChI is InChI=1S/C8H15.C8H13.C7H11O.4Y/c2*1-3-8-5-4-7(2)6-8;1-6-2-3-7(4-6)5-8;;;;/h5,7-8H,3-4,6H2,1-2H3;4,7-8H,3,6H2,1-2H3;2,6-8H,4-5H2,1H3;;;;/q3*-1;;;;. The molecule has 0 spiro atoms. The topological polar surface area (TPSA) is 20.2 Å². The van der Waals surface area contributed by atoms with Crippen LogP contribution in [-0.2, 0) is 131 Å². The molecule has 1 N–H and O–H groups in total. The summed E-state index contributed by atoms with van der Waals surface area (Å²) in [7, 11) is 0. The Balaban J connectivity index is -0.000000144. The third-order valence-corrected chi connectivity index (χ3v) is 5.36. The zero-order valence-corrected chi connectivity index (χ0v) is 30.3. The average Bonchev–Trinajstić information content (AvgIpc) is 3.30. The van der Waals surface area contributed by atoms with E-state index in [4.69, 9.17) is 5.11 Å². The molecule has 5 heteroatoms. The molecule has 0 aromatic rings. The minimum absolute atomic E-state index is 0. The van der Waals surface area contributed by atoms with E-state index in [9.17, 15) is 0 Å². The van der Waals surface area contributed by atoms with E-state index in [0.717, 1.165) is 30.1 Å². The van der Waals surface area contributed by atoms with Crippen molar-refractivity contribution in [3.8, 4) is 0 Å². The van der Waals surface area contributed by atoms with Gasteiger partial charge in [0.05, 0.1) is 0 Å². The van der Waals surface area contributed by atoms with E-state index < -0.39 is 0 Å². The van der Waals surface area contributed by atoms with Gasteiger partial charge in [0.2, 0.25) is 0 Å². The van der Waals surface area contributed by atoms with E-state index in [1.54, 1.807) is 0 Å². The molecule has 6 atom stereocenters. The molecule has 4 radical (unpaired) electrons. The summed E-state index contributed by atoms with van der Waals surface area (Å²) in [6.45, 7) is 11.5. The maximum Gasteiger partial charge on any atom is 0.0194 e. The molecule has 6 unspecified atom stereocenters. The largest absolute Gasteiger partial charge is 0.497 e. The van der Waals surface area contributed by atoms with E-state index in [1.807, 2.05) is 6.08 Å². The molecule has 0 amide bonds. The molecule has 1 nitrogen and oxygen atoms in total. The molecular weight excluding hydrogens is 648 g/mol. The zero-order chi connectivity index (χ0) is 17.9. The molecule has 0 heterocycles. The molecule has 152 valence electrons. The summed E-state index contributed by atoms with van der Waals surface area (Å²) in [6, 6.07) is 0. The Morgan fingerprint density at radius 3 is 1.50 bits per heavy atom. The second kappa shape index (κ2) is 24.0. The predicted molar refractivity (Wildman–Crippen MR) is 104 cm³/mol. The van der Waals surface area contributed by atoms with Crippen molar-refractivity contribution in [3.05, 3.63) is 30.7 Å². The molecule has 3 aliphatic rings. The number of allylic oxidation sites excluding steroid dienone is 3. The van der Waals surface area contributed by atoms with Gasteiger partial charge in [-0.05, 0) is 0 Å². The second-order valence-corrected chi connectivity index (χ2v) is 8.06. The fourth-order valence-corrected chi connectivity index (χ4v) is 3.65. The molecule has 0 saturated heterocycles. The van der Waals surface area contributed by atoms with Crippen LogP contribution in [0.2, 0.25) is 0 Å². The fraction of sp³-hybridized carbons (Fsp3) is 0.783. The summed E-state index contributed by atoms with van der Waals surface area (Å²) < 4.78 is 0. The van der Waals surface area contributed by atoms with Crippen LogP contribution < -0.4 is 0 Å². The smallest absolute Gasteiger partial charge is 0.0194 e. The first kappa shape index (κ1) is 39.1.